The predicted molar refractivity (Wildman–Crippen MR) is 77.9 cm³/mol. The van der Waals surface area contributed by atoms with E-state index in [0.717, 1.165) is 22.7 Å². The van der Waals surface area contributed by atoms with Crippen LogP contribution in [0.3, 0.4) is 0 Å². The number of anilines is 1. The van der Waals surface area contributed by atoms with Crippen molar-refractivity contribution < 1.29 is 9.21 Å². The van der Waals surface area contributed by atoms with Crippen molar-refractivity contribution in [1.82, 2.24) is 10.3 Å². The quantitative estimate of drug-likeness (QED) is 0.898. The molecule has 2 aromatic rings. The van der Waals surface area contributed by atoms with Crippen molar-refractivity contribution in [2.75, 3.05) is 12.4 Å². The van der Waals surface area contributed by atoms with Crippen LogP contribution >= 0.6 is 0 Å². The molecule has 0 saturated carbocycles. The molecule has 5 heteroatoms. The summed E-state index contributed by atoms with van der Waals surface area (Å²) in [6, 6.07) is 5.62. The Morgan fingerprint density at radius 3 is 2.60 bits per heavy atom. The van der Waals surface area contributed by atoms with Gasteiger partial charge in [-0.1, -0.05) is 0 Å². The Hall–Kier alpha value is -2.30. The molecule has 1 aromatic heterocycles. The average Bonchev–Trinajstić information content (AvgIpc) is 2.75. The Bertz CT molecular complexity index is 613. The third-order valence-electron chi connectivity index (χ3n) is 3.23. The monoisotopic (exact) mass is 273 g/mol. The van der Waals surface area contributed by atoms with Crippen LogP contribution in [0.1, 0.15) is 33.3 Å². The lowest BCUT2D eigenvalue weighted by Gasteiger charge is -2.08. The van der Waals surface area contributed by atoms with Crippen LogP contribution in [0.4, 0.5) is 5.69 Å². The molecule has 0 radical (unpaired) electrons. The second kappa shape index (κ2) is 5.77. The maximum atomic E-state index is 12.1. The molecule has 0 aliphatic heterocycles. The van der Waals surface area contributed by atoms with Crippen molar-refractivity contribution in [3.05, 3.63) is 46.7 Å². The van der Waals surface area contributed by atoms with Crippen molar-refractivity contribution in [3.63, 3.8) is 0 Å². The SMILES string of the molecule is CNc1ccc(C(=O)NCc2nc(C)c(C)o2)c(C)c1. The summed E-state index contributed by atoms with van der Waals surface area (Å²) in [5.41, 5.74) is 3.42. The average molecular weight is 273 g/mol. The maximum absolute atomic E-state index is 12.1. The van der Waals surface area contributed by atoms with Crippen LogP contribution in [-0.4, -0.2) is 17.9 Å². The number of hydrogen-bond donors (Lipinski definition) is 2. The number of nitrogens with zero attached hydrogens (tertiary/aromatic N) is 1. The minimum atomic E-state index is -0.126. The molecule has 1 aromatic carbocycles. The molecule has 2 N–H and O–H groups in total. The van der Waals surface area contributed by atoms with Gasteiger partial charge in [0.25, 0.3) is 5.91 Å². The number of aromatic nitrogens is 1. The van der Waals surface area contributed by atoms with Gasteiger partial charge in [0.1, 0.15) is 5.76 Å². The van der Waals surface area contributed by atoms with Gasteiger partial charge >= 0.3 is 0 Å². The van der Waals surface area contributed by atoms with Crippen LogP contribution in [0, 0.1) is 20.8 Å². The van der Waals surface area contributed by atoms with Gasteiger partial charge in [-0.2, -0.15) is 0 Å². The number of carbonyl (C=O) groups is 1. The highest BCUT2D eigenvalue weighted by Gasteiger charge is 2.11. The molecule has 0 fully saturated rings. The van der Waals surface area contributed by atoms with Crippen LogP contribution in [-0.2, 0) is 6.54 Å². The van der Waals surface area contributed by atoms with Crippen LogP contribution in [0.25, 0.3) is 0 Å². The summed E-state index contributed by atoms with van der Waals surface area (Å²) in [5.74, 6) is 1.18. The zero-order valence-electron chi connectivity index (χ0n) is 12.2. The van der Waals surface area contributed by atoms with Gasteiger partial charge < -0.3 is 15.1 Å². The normalized spacial score (nSPS) is 10.4. The van der Waals surface area contributed by atoms with Crippen LogP contribution in [0.5, 0.6) is 0 Å². The van der Waals surface area contributed by atoms with Crippen molar-refractivity contribution in [2.45, 2.75) is 27.3 Å². The van der Waals surface area contributed by atoms with E-state index in [2.05, 4.69) is 15.6 Å². The molecule has 2 rings (SSSR count). The lowest BCUT2D eigenvalue weighted by molar-refractivity contribution is 0.0946. The van der Waals surface area contributed by atoms with Crippen LogP contribution < -0.4 is 10.6 Å². The number of hydrogen-bond acceptors (Lipinski definition) is 4. The Labute approximate surface area is 118 Å². The highest BCUT2D eigenvalue weighted by molar-refractivity contribution is 5.95. The first kappa shape index (κ1) is 14.1. The standard InChI is InChI=1S/C15H19N3O2/c1-9-7-12(16-4)5-6-13(9)15(19)17-8-14-18-10(2)11(3)20-14/h5-7,16H,8H2,1-4H3,(H,17,19). The summed E-state index contributed by atoms with van der Waals surface area (Å²) in [5, 5.41) is 5.86. The fourth-order valence-electron chi connectivity index (χ4n) is 1.94. The fourth-order valence-corrected chi connectivity index (χ4v) is 1.94. The third kappa shape index (κ3) is 2.99. The first-order valence-electron chi connectivity index (χ1n) is 6.50. The zero-order chi connectivity index (χ0) is 14.7. The molecule has 5 nitrogen and oxygen atoms in total. The molecule has 0 unspecified atom stereocenters. The summed E-state index contributed by atoms with van der Waals surface area (Å²) in [6.45, 7) is 5.94. The molecule has 0 bridgehead atoms. The van der Waals surface area contributed by atoms with Gasteiger partial charge in [0.2, 0.25) is 5.89 Å². The molecule has 20 heavy (non-hydrogen) atoms. The largest absolute Gasteiger partial charge is 0.444 e. The Morgan fingerprint density at radius 2 is 2.05 bits per heavy atom. The van der Waals surface area contributed by atoms with E-state index in [0.29, 0.717) is 18.0 Å². The highest BCUT2D eigenvalue weighted by Crippen LogP contribution is 2.15. The van der Waals surface area contributed by atoms with E-state index < -0.39 is 0 Å². The van der Waals surface area contributed by atoms with E-state index in [-0.39, 0.29) is 5.91 Å². The number of carbonyl (C=O) groups excluding carboxylic acids is 1. The van der Waals surface area contributed by atoms with Gasteiger partial charge in [0, 0.05) is 18.3 Å². The second-order valence-corrected chi connectivity index (χ2v) is 4.71. The van der Waals surface area contributed by atoms with Gasteiger partial charge in [0.05, 0.1) is 12.2 Å². The minimum absolute atomic E-state index is 0.126. The fraction of sp³-hybridized carbons (Fsp3) is 0.333. The van der Waals surface area contributed by atoms with Crippen LogP contribution in [0.15, 0.2) is 22.6 Å². The summed E-state index contributed by atoms with van der Waals surface area (Å²) >= 11 is 0. The molecule has 0 atom stereocenters. The molecular formula is C15H19N3O2. The first-order valence-corrected chi connectivity index (χ1v) is 6.50. The zero-order valence-corrected chi connectivity index (χ0v) is 12.2. The summed E-state index contributed by atoms with van der Waals surface area (Å²) < 4.78 is 5.43. The molecule has 1 heterocycles. The minimum Gasteiger partial charge on any atom is -0.444 e. The van der Waals surface area contributed by atoms with E-state index in [1.54, 1.807) is 0 Å². The van der Waals surface area contributed by atoms with E-state index in [4.69, 9.17) is 4.42 Å². The molecule has 106 valence electrons. The van der Waals surface area contributed by atoms with E-state index >= 15 is 0 Å². The van der Waals surface area contributed by atoms with E-state index in [1.165, 1.54) is 0 Å². The highest BCUT2D eigenvalue weighted by atomic mass is 16.4. The van der Waals surface area contributed by atoms with Gasteiger partial charge in [-0.05, 0) is 44.5 Å². The van der Waals surface area contributed by atoms with Crippen molar-refractivity contribution in [2.24, 2.45) is 0 Å². The number of oxazole rings is 1. The smallest absolute Gasteiger partial charge is 0.251 e. The second-order valence-electron chi connectivity index (χ2n) is 4.71. The molecular weight excluding hydrogens is 254 g/mol. The molecule has 0 aliphatic carbocycles. The topological polar surface area (TPSA) is 67.2 Å². The Balaban J connectivity index is 2.05. The molecule has 0 saturated heterocycles. The Morgan fingerprint density at radius 1 is 1.30 bits per heavy atom. The van der Waals surface area contributed by atoms with Gasteiger partial charge in [-0.3, -0.25) is 4.79 Å². The lowest BCUT2D eigenvalue weighted by atomic mass is 10.1. The number of benzene rings is 1. The maximum Gasteiger partial charge on any atom is 0.251 e. The number of amides is 1. The molecule has 1 amide bonds. The molecule has 0 aliphatic rings. The van der Waals surface area contributed by atoms with Crippen molar-refractivity contribution in [3.8, 4) is 0 Å². The lowest BCUT2D eigenvalue weighted by Crippen LogP contribution is -2.23. The summed E-state index contributed by atoms with van der Waals surface area (Å²) in [7, 11) is 1.85. The third-order valence-corrected chi connectivity index (χ3v) is 3.23. The van der Waals surface area contributed by atoms with E-state index in [9.17, 15) is 4.79 Å². The van der Waals surface area contributed by atoms with Crippen LogP contribution in [0.2, 0.25) is 0 Å². The van der Waals surface area contributed by atoms with Crippen molar-refractivity contribution >= 4 is 11.6 Å². The van der Waals surface area contributed by atoms with E-state index in [1.807, 2.05) is 46.0 Å². The summed E-state index contributed by atoms with van der Waals surface area (Å²) in [6.07, 6.45) is 0. The predicted octanol–water partition coefficient (Wildman–Crippen LogP) is 2.57. The number of rotatable bonds is 4. The Kier molecular flexibility index (Phi) is 4.08. The summed E-state index contributed by atoms with van der Waals surface area (Å²) in [4.78, 5) is 16.4. The molecule has 0 spiro atoms. The van der Waals surface area contributed by atoms with Gasteiger partial charge in [-0.25, -0.2) is 4.98 Å². The van der Waals surface area contributed by atoms with Gasteiger partial charge in [0.15, 0.2) is 0 Å². The van der Waals surface area contributed by atoms with Gasteiger partial charge in [-0.15, -0.1) is 0 Å². The number of aryl methyl sites for hydroxylation is 3. The first-order chi connectivity index (χ1) is 9.51. The number of nitrogens with one attached hydrogen (secondary N) is 2. The van der Waals surface area contributed by atoms with Crippen molar-refractivity contribution in [1.29, 1.82) is 0 Å².